The van der Waals surface area contributed by atoms with E-state index in [0.717, 1.165) is 11.3 Å². The van der Waals surface area contributed by atoms with Crippen molar-refractivity contribution in [3.05, 3.63) is 67.1 Å². The van der Waals surface area contributed by atoms with Gasteiger partial charge < -0.3 is 0 Å². The predicted octanol–water partition coefficient (Wildman–Crippen LogP) is 3.20. The first-order chi connectivity index (χ1) is 9.36. The Morgan fingerprint density at radius 1 is 0.737 bits per heavy atom. The van der Waals surface area contributed by atoms with Gasteiger partial charge in [-0.2, -0.15) is 0 Å². The zero-order valence-electron chi connectivity index (χ0n) is 11.0. The number of aromatic nitrogens is 3. The zero-order valence-corrected chi connectivity index (χ0v) is 11.7. The van der Waals surface area contributed by atoms with Crippen LogP contribution in [0, 0.1) is 0 Å². The molecule has 4 heteroatoms. The fourth-order valence-electron chi connectivity index (χ4n) is 1.78. The molecular formula is C15H11N3Ru+2. The third kappa shape index (κ3) is 2.91. The minimum Gasteiger partial charge on any atom is -0.256 e. The van der Waals surface area contributed by atoms with Gasteiger partial charge in [-0.05, 0) is 36.4 Å². The van der Waals surface area contributed by atoms with E-state index in [9.17, 15) is 0 Å². The molecule has 3 aromatic rings. The Balaban J connectivity index is 0.00000147. The van der Waals surface area contributed by atoms with Gasteiger partial charge in [0.05, 0.1) is 18.5 Å². The third-order valence-electron chi connectivity index (χ3n) is 2.58. The van der Waals surface area contributed by atoms with Gasteiger partial charge in [0.15, 0.2) is 0 Å². The average molecular weight is 335 g/mol. The summed E-state index contributed by atoms with van der Waals surface area (Å²) < 4.78 is 7.94. The van der Waals surface area contributed by atoms with Crippen molar-refractivity contribution >= 4 is 0 Å². The van der Waals surface area contributed by atoms with Crippen molar-refractivity contribution in [1.82, 2.24) is 15.0 Å². The summed E-state index contributed by atoms with van der Waals surface area (Å²) in [5.41, 5.74) is 2.97. The summed E-state index contributed by atoms with van der Waals surface area (Å²) >= 11 is 0. The van der Waals surface area contributed by atoms with E-state index in [1.165, 1.54) is 0 Å². The van der Waals surface area contributed by atoms with Gasteiger partial charge in [-0.1, -0.05) is 12.1 Å². The molecule has 0 aliphatic rings. The molecule has 0 saturated carbocycles. The van der Waals surface area contributed by atoms with Crippen LogP contribution in [0.2, 0.25) is 0 Å². The molecule has 0 bridgehead atoms. The van der Waals surface area contributed by atoms with Crippen molar-refractivity contribution in [2.75, 3.05) is 0 Å². The van der Waals surface area contributed by atoms with Crippen molar-refractivity contribution in [1.29, 1.82) is 0 Å². The maximum atomic E-state index is 7.94. The molecule has 19 heavy (non-hydrogen) atoms. The fourth-order valence-corrected chi connectivity index (χ4v) is 1.78. The van der Waals surface area contributed by atoms with Crippen LogP contribution in [0.3, 0.4) is 0 Å². The number of rotatable bonds is 2. The number of hydrogen-bond acceptors (Lipinski definition) is 3. The molecule has 0 amide bonds. The van der Waals surface area contributed by atoms with Crippen molar-refractivity contribution in [3.63, 3.8) is 0 Å². The van der Waals surface area contributed by atoms with Crippen LogP contribution in [0.15, 0.2) is 67.1 Å². The molecule has 3 rings (SSSR count). The number of nitrogens with zero attached hydrogens (tertiary/aromatic N) is 3. The van der Waals surface area contributed by atoms with Gasteiger partial charge in [0.2, 0.25) is 0 Å². The zero-order chi connectivity index (χ0) is 13.1. The van der Waals surface area contributed by atoms with E-state index in [2.05, 4.69) is 15.0 Å². The Kier molecular flexibility index (Phi) is 4.02. The molecule has 0 N–H and O–H groups in total. The van der Waals surface area contributed by atoms with Crippen LogP contribution in [0.25, 0.3) is 22.6 Å². The normalized spacial score (nSPS) is 10.4. The van der Waals surface area contributed by atoms with E-state index in [0.29, 0.717) is 17.4 Å². The molecule has 0 spiro atoms. The van der Waals surface area contributed by atoms with Crippen molar-refractivity contribution in [3.8, 4) is 22.6 Å². The topological polar surface area (TPSA) is 38.7 Å². The van der Waals surface area contributed by atoms with E-state index >= 15 is 0 Å². The molecule has 0 radical (unpaired) electrons. The standard InChI is InChI=1S/C15H11N3.Ru/c1-3-9-16-13(7-1)12-6-5-11-18-15(12)14-8-2-4-10-17-14;/h1-11H;/q;+2/i8D;. The Hall–Kier alpha value is -1.93. The summed E-state index contributed by atoms with van der Waals surface area (Å²) in [5.74, 6) is 0. The molecule has 0 saturated heterocycles. The van der Waals surface area contributed by atoms with E-state index in [1.807, 2.05) is 30.3 Å². The Morgan fingerprint density at radius 3 is 2.21 bits per heavy atom. The molecule has 0 unspecified atom stereocenters. The van der Waals surface area contributed by atoms with Crippen molar-refractivity contribution < 1.29 is 20.8 Å². The van der Waals surface area contributed by atoms with Gasteiger partial charge in [-0.25, -0.2) is 0 Å². The maximum Gasteiger partial charge on any atom is 2.00 e. The molecule has 3 nitrogen and oxygen atoms in total. The molecular weight excluding hydrogens is 323 g/mol. The quantitative estimate of drug-likeness (QED) is 0.675. The minimum atomic E-state index is 0. The van der Waals surface area contributed by atoms with Crippen molar-refractivity contribution in [2.24, 2.45) is 0 Å². The van der Waals surface area contributed by atoms with Gasteiger partial charge >= 0.3 is 19.5 Å². The van der Waals surface area contributed by atoms with Crippen LogP contribution in [-0.4, -0.2) is 15.0 Å². The van der Waals surface area contributed by atoms with E-state index in [4.69, 9.17) is 1.37 Å². The summed E-state index contributed by atoms with van der Waals surface area (Å²) in [6.07, 6.45) is 5.12. The number of hydrogen-bond donors (Lipinski definition) is 0. The van der Waals surface area contributed by atoms with E-state index in [1.54, 1.807) is 30.7 Å². The van der Waals surface area contributed by atoms with Crippen LogP contribution in [-0.2, 0) is 19.5 Å². The van der Waals surface area contributed by atoms with Crippen LogP contribution >= 0.6 is 0 Å². The molecule has 0 aliphatic carbocycles. The van der Waals surface area contributed by atoms with E-state index in [-0.39, 0.29) is 19.5 Å². The molecule has 0 aliphatic heterocycles. The van der Waals surface area contributed by atoms with Gasteiger partial charge in [0, 0.05) is 24.2 Å². The summed E-state index contributed by atoms with van der Waals surface area (Å²) in [7, 11) is 0. The first-order valence-electron chi connectivity index (χ1n) is 6.14. The molecule has 3 aromatic heterocycles. The molecule has 92 valence electrons. The first-order valence-corrected chi connectivity index (χ1v) is 5.64. The average Bonchev–Trinajstić information content (AvgIpc) is 2.49. The van der Waals surface area contributed by atoms with Crippen LogP contribution in [0.5, 0.6) is 0 Å². The SMILES string of the molecule is [2H]c1cccnc1-c1ncccc1-c1ccccn1.[Ru+2]. The van der Waals surface area contributed by atoms with Crippen molar-refractivity contribution in [2.45, 2.75) is 0 Å². The fraction of sp³-hybridized carbons (Fsp3) is 0. The van der Waals surface area contributed by atoms with E-state index < -0.39 is 0 Å². The summed E-state index contributed by atoms with van der Waals surface area (Å²) in [6.45, 7) is 0. The van der Waals surface area contributed by atoms with Gasteiger partial charge in [0.1, 0.15) is 0 Å². The number of pyridine rings is 3. The summed E-state index contributed by atoms with van der Waals surface area (Å²) in [6, 6.07) is 13.3. The molecule has 0 atom stereocenters. The second kappa shape index (κ2) is 6.30. The molecule has 3 heterocycles. The minimum absolute atomic E-state index is 0. The van der Waals surface area contributed by atoms with Crippen LogP contribution in [0.4, 0.5) is 0 Å². The predicted molar refractivity (Wildman–Crippen MR) is 70.7 cm³/mol. The Labute approximate surface area is 125 Å². The van der Waals surface area contributed by atoms with Gasteiger partial charge in [0.25, 0.3) is 0 Å². The first kappa shape index (κ1) is 12.1. The largest absolute Gasteiger partial charge is 2.00 e. The maximum absolute atomic E-state index is 7.94. The van der Waals surface area contributed by atoms with Crippen LogP contribution < -0.4 is 0 Å². The Morgan fingerprint density at radius 2 is 1.47 bits per heavy atom. The molecule has 0 aromatic carbocycles. The third-order valence-corrected chi connectivity index (χ3v) is 2.58. The summed E-state index contributed by atoms with van der Waals surface area (Å²) in [5, 5.41) is 0. The smallest absolute Gasteiger partial charge is 0.256 e. The second-order valence-electron chi connectivity index (χ2n) is 3.74. The van der Waals surface area contributed by atoms with Gasteiger partial charge in [-0.15, -0.1) is 0 Å². The van der Waals surface area contributed by atoms with Crippen LogP contribution in [0.1, 0.15) is 1.37 Å². The molecule has 0 fully saturated rings. The second-order valence-corrected chi connectivity index (χ2v) is 3.74. The summed E-state index contributed by atoms with van der Waals surface area (Å²) in [4.78, 5) is 13.0. The Bertz CT molecular complexity index is 704. The van der Waals surface area contributed by atoms with Gasteiger partial charge in [-0.3, -0.25) is 15.0 Å². The monoisotopic (exact) mass is 336 g/mol.